The number of fused-ring (bicyclic) bond motifs is 1. The Morgan fingerprint density at radius 1 is 1.40 bits per heavy atom. The van der Waals surface area contributed by atoms with Crippen molar-refractivity contribution in [1.82, 2.24) is 4.90 Å². The predicted octanol–water partition coefficient (Wildman–Crippen LogP) is 1.98. The maximum atomic E-state index is 12.4. The van der Waals surface area contributed by atoms with Gasteiger partial charge in [-0.05, 0) is 24.0 Å². The molecule has 108 valence electrons. The van der Waals surface area contributed by atoms with Crippen LogP contribution in [-0.4, -0.2) is 33.7 Å². The van der Waals surface area contributed by atoms with Gasteiger partial charge >= 0.3 is 5.97 Å². The second kappa shape index (κ2) is 6.31. The monoisotopic (exact) mass is 293 g/mol. The molecule has 20 heavy (non-hydrogen) atoms. The number of nitrogens with zero attached hydrogens (tertiary/aromatic N) is 1. The number of amides is 1. The number of rotatable bonds is 3. The van der Waals surface area contributed by atoms with E-state index >= 15 is 0 Å². The van der Waals surface area contributed by atoms with Gasteiger partial charge in [0.15, 0.2) is 0 Å². The molecule has 1 amide bonds. The van der Waals surface area contributed by atoms with E-state index in [4.69, 9.17) is 0 Å². The minimum atomic E-state index is -0.933. The van der Waals surface area contributed by atoms with Crippen LogP contribution in [0.2, 0.25) is 0 Å². The summed E-state index contributed by atoms with van der Waals surface area (Å²) in [7, 11) is 0. The molecule has 0 saturated heterocycles. The summed E-state index contributed by atoms with van der Waals surface area (Å²) in [6.45, 7) is 2.15. The molecule has 0 radical (unpaired) electrons. The standard InChI is InChI=1S/C15H19NO3S/c1-10(9-20)14(17)16-8-12-5-3-2-4-11(12)6-7-13(16)15(18)19/h2-5,10,13,20H,6-9H2,1H3,(H,18,19)/t10-,13?/m1/s1. The van der Waals surface area contributed by atoms with Gasteiger partial charge in [0.1, 0.15) is 6.04 Å². The largest absolute Gasteiger partial charge is 0.480 e. The number of thiol groups is 1. The topological polar surface area (TPSA) is 57.6 Å². The van der Waals surface area contributed by atoms with Crippen molar-refractivity contribution < 1.29 is 14.7 Å². The van der Waals surface area contributed by atoms with Crippen LogP contribution in [0.5, 0.6) is 0 Å². The summed E-state index contributed by atoms with van der Waals surface area (Å²) in [5, 5.41) is 9.40. The van der Waals surface area contributed by atoms with E-state index in [0.29, 0.717) is 25.1 Å². The van der Waals surface area contributed by atoms with Gasteiger partial charge in [-0.25, -0.2) is 4.79 Å². The molecular formula is C15H19NO3S. The first-order valence-corrected chi connectivity index (χ1v) is 7.38. The lowest BCUT2D eigenvalue weighted by molar-refractivity contribution is -0.152. The van der Waals surface area contributed by atoms with Crippen molar-refractivity contribution in [2.24, 2.45) is 5.92 Å². The molecule has 0 bridgehead atoms. The molecule has 0 fully saturated rings. The molecule has 1 aliphatic rings. The third-order valence-electron chi connectivity index (χ3n) is 3.79. The smallest absolute Gasteiger partial charge is 0.326 e. The first-order valence-electron chi connectivity index (χ1n) is 6.75. The molecule has 5 heteroatoms. The maximum Gasteiger partial charge on any atom is 0.326 e. The Morgan fingerprint density at radius 3 is 2.65 bits per heavy atom. The highest BCUT2D eigenvalue weighted by Gasteiger charge is 2.33. The van der Waals surface area contributed by atoms with Crippen molar-refractivity contribution in [3.63, 3.8) is 0 Å². The number of hydrogen-bond donors (Lipinski definition) is 2. The van der Waals surface area contributed by atoms with Crippen LogP contribution in [0.1, 0.15) is 24.5 Å². The third-order valence-corrected chi connectivity index (χ3v) is 4.33. The van der Waals surface area contributed by atoms with E-state index in [0.717, 1.165) is 11.1 Å². The first kappa shape index (κ1) is 14.9. The summed E-state index contributed by atoms with van der Waals surface area (Å²) in [5.74, 6) is -0.921. The van der Waals surface area contributed by atoms with E-state index in [1.807, 2.05) is 24.3 Å². The fourth-order valence-electron chi connectivity index (χ4n) is 2.55. The number of hydrogen-bond acceptors (Lipinski definition) is 3. The molecule has 0 aromatic heterocycles. The lowest BCUT2D eigenvalue weighted by atomic mass is 10.0. The average Bonchev–Trinajstić information content (AvgIpc) is 2.65. The molecule has 2 atom stereocenters. The van der Waals surface area contributed by atoms with Gasteiger partial charge in [-0.3, -0.25) is 4.79 Å². The molecule has 0 spiro atoms. The highest BCUT2D eigenvalue weighted by atomic mass is 32.1. The predicted molar refractivity (Wildman–Crippen MR) is 79.8 cm³/mol. The Morgan fingerprint density at radius 2 is 2.05 bits per heavy atom. The van der Waals surface area contributed by atoms with Crippen molar-refractivity contribution in [3.05, 3.63) is 35.4 Å². The number of benzene rings is 1. The summed E-state index contributed by atoms with van der Waals surface area (Å²) in [6, 6.07) is 7.08. The number of carbonyl (C=O) groups is 2. The van der Waals surface area contributed by atoms with Crippen molar-refractivity contribution >= 4 is 24.5 Å². The molecule has 0 saturated carbocycles. The molecule has 1 N–H and O–H groups in total. The molecule has 1 aliphatic heterocycles. The van der Waals surface area contributed by atoms with Crippen LogP contribution in [0, 0.1) is 5.92 Å². The second-order valence-electron chi connectivity index (χ2n) is 5.21. The van der Waals surface area contributed by atoms with Crippen LogP contribution in [0.25, 0.3) is 0 Å². The molecule has 1 aromatic rings. The third kappa shape index (κ3) is 2.98. The summed E-state index contributed by atoms with van der Waals surface area (Å²) in [6.07, 6.45) is 1.14. The fraction of sp³-hybridized carbons (Fsp3) is 0.467. The van der Waals surface area contributed by atoms with Gasteiger partial charge in [0.2, 0.25) is 5.91 Å². The molecule has 1 aromatic carbocycles. The van der Waals surface area contributed by atoms with Crippen LogP contribution in [0.3, 0.4) is 0 Å². The van der Waals surface area contributed by atoms with Gasteiger partial charge in [0.25, 0.3) is 0 Å². The van der Waals surface area contributed by atoms with Crippen LogP contribution in [0.4, 0.5) is 0 Å². The van der Waals surface area contributed by atoms with Crippen LogP contribution in [-0.2, 0) is 22.6 Å². The van der Waals surface area contributed by atoms with E-state index in [2.05, 4.69) is 12.6 Å². The Bertz CT molecular complexity index is 518. The molecule has 4 nitrogen and oxygen atoms in total. The first-order chi connectivity index (χ1) is 9.54. The molecule has 1 unspecified atom stereocenters. The quantitative estimate of drug-likeness (QED) is 0.838. The zero-order valence-corrected chi connectivity index (χ0v) is 12.3. The Balaban J connectivity index is 2.33. The fourth-order valence-corrected chi connectivity index (χ4v) is 2.70. The Kier molecular flexibility index (Phi) is 4.70. The zero-order chi connectivity index (χ0) is 14.7. The number of carbonyl (C=O) groups excluding carboxylic acids is 1. The van der Waals surface area contributed by atoms with Gasteiger partial charge in [0.05, 0.1) is 0 Å². The summed E-state index contributed by atoms with van der Waals surface area (Å²) >= 11 is 4.14. The average molecular weight is 293 g/mol. The van der Waals surface area contributed by atoms with Crippen molar-refractivity contribution in [3.8, 4) is 0 Å². The second-order valence-corrected chi connectivity index (χ2v) is 5.58. The highest BCUT2D eigenvalue weighted by molar-refractivity contribution is 7.80. The Labute approximate surface area is 124 Å². The minimum Gasteiger partial charge on any atom is -0.480 e. The van der Waals surface area contributed by atoms with E-state index in [-0.39, 0.29) is 11.8 Å². The van der Waals surface area contributed by atoms with E-state index in [1.54, 1.807) is 6.92 Å². The number of aryl methyl sites for hydroxylation is 1. The normalized spacial score (nSPS) is 19.9. The van der Waals surface area contributed by atoms with Crippen molar-refractivity contribution in [1.29, 1.82) is 0 Å². The Hall–Kier alpha value is -1.49. The van der Waals surface area contributed by atoms with Gasteiger partial charge in [-0.1, -0.05) is 31.2 Å². The van der Waals surface area contributed by atoms with E-state index in [1.165, 1.54) is 4.90 Å². The number of carboxylic acid groups (broad SMARTS) is 1. The van der Waals surface area contributed by atoms with Crippen LogP contribution >= 0.6 is 12.6 Å². The SMILES string of the molecule is C[C@H](CS)C(=O)N1Cc2ccccc2CCC1C(=O)O. The van der Waals surface area contributed by atoms with Crippen molar-refractivity contribution in [2.75, 3.05) is 5.75 Å². The molecule has 0 aliphatic carbocycles. The number of carboxylic acids is 1. The van der Waals surface area contributed by atoms with Gasteiger partial charge in [-0.15, -0.1) is 0 Å². The molecule has 1 heterocycles. The van der Waals surface area contributed by atoms with Crippen molar-refractivity contribution in [2.45, 2.75) is 32.4 Å². The summed E-state index contributed by atoms with van der Waals surface area (Å²) in [5.41, 5.74) is 2.17. The van der Waals surface area contributed by atoms with Gasteiger partial charge in [0, 0.05) is 18.2 Å². The van der Waals surface area contributed by atoms with Gasteiger partial charge < -0.3 is 10.0 Å². The lowest BCUT2D eigenvalue weighted by Gasteiger charge is -2.29. The summed E-state index contributed by atoms with van der Waals surface area (Å²) in [4.78, 5) is 25.4. The zero-order valence-electron chi connectivity index (χ0n) is 11.5. The number of aliphatic carboxylic acids is 1. The minimum absolute atomic E-state index is 0.135. The van der Waals surface area contributed by atoms with Crippen LogP contribution < -0.4 is 0 Å². The maximum absolute atomic E-state index is 12.4. The van der Waals surface area contributed by atoms with Gasteiger partial charge in [-0.2, -0.15) is 12.6 Å². The van der Waals surface area contributed by atoms with E-state index in [9.17, 15) is 14.7 Å². The highest BCUT2D eigenvalue weighted by Crippen LogP contribution is 2.24. The summed E-state index contributed by atoms with van der Waals surface area (Å²) < 4.78 is 0. The molecular weight excluding hydrogens is 274 g/mol. The molecule has 2 rings (SSSR count). The van der Waals surface area contributed by atoms with Crippen LogP contribution in [0.15, 0.2) is 24.3 Å². The van der Waals surface area contributed by atoms with E-state index < -0.39 is 12.0 Å². The lowest BCUT2D eigenvalue weighted by Crippen LogP contribution is -2.46.